The molecule has 0 saturated heterocycles. The number of halogens is 3. The number of rotatable bonds is 0. The first-order chi connectivity index (χ1) is 5.57. The molecule has 5 heteroatoms. The van der Waals surface area contributed by atoms with Crippen LogP contribution in [0.25, 0.3) is 0 Å². The monoisotopic (exact) mass is 264 g/mol. The first kappa shape index (κ1) is 9.79. The maximum atomic E-state index is 8.63. The first-order valence-corrected chi connectivity index (χ1v) is 4.54. The highest BCUT2D eigenvalue weighted by Crippen LogP contribution is 2.31. The van der Waals surface area contributed by atoms with Crippen LogP contribution in [0.5, 0.6) is 0 Å². The van der Waals surface area contributed by atoms with Gasteiger partial charge in [0.15, 0.2) is 0 Å². The summed E-state index contributed by atoms with van der Waals surface area (Å²) < 4.78 is 0.616. The molecule has 0 bridgehead atoms. The fourth-order valence-corrected chi connectivity index (χ4v) is 1.57. The van der Waals surface area contributed by atoms with Gasteiger partial charge < -0.3 is 0 Å². The fraction of sp³-hybridized carbons (Fsp3) is 0.143. The number of aromatic nitrogens is 1. The Bertz CT molecular complexity index is 371. The highest BCUT2D eigenvalue weighted by molar-refractivity contribution is 9.10. The molecule has 2 nitrogen and oxygen atoms in total. The predicted molar refractivity (Wildman–Crippen MR) is 51.4 cm³/mol. The molecular formula is C7H3BrCl2N2. The van der Waals surface area contributed by atoms with Gasteiger partial charge in [-0.05, 0) is 22.9 Å². The Hall–Kier alpha value is -0.300. The summed E-state index contributed by atoms with van der Waals surface area (Å²) in [7, 11) is 0. The average molecular weight is 266 g/mol. The zero-order valence-corrected chi connectivity index (χ0v) is 9.13. The van der Waals surface area contributed by atoms with E-state index in [9.17, 15) is 0 Å². The fourth-order valence-electron chi connectivity index (χ4n) is 0.707. The molecule has 0 aromatic carbocycles. The van der Waals surface area contributed by atoms with Crippen LogP contribution in [-0.4, -0.2) is 4.98 Å². The second-order valence-electron chi connectivity index (χ2n) is 2.10. The molecule has 0 unspecified atom stereocenters. The third-order valence-corrected chi connectivity index (χ3v) is 3.16. The molecule has 0 atom stereocenters. The van der Waals surface area contributed by atoms with Crippen molar-refractivity contribution in [1.29, 1.82) is 5.26 Å². The van der Waals surface area contributed by atoms with Crippen LogP contribution in [0.1, 0.15) is 11.3 Å². The van der Waals surface area contributed by atoms with Crippen LogP contribution in [0.2, 0.25) is 10.2 Å². The lowest BCUT2D eigenvalue weighted by atomic mass is 10.3. The van der Waals surface area contributed by atoms with E-state index in [-0.39, 0.29) is 10.7 Å². The van der Waals surface area contributed by atoms with Crippen molar-refractivity contribution in [3.05, 3.63) is 25.9 Å². The third-order valence-electron chi connectivity index (χ3n) is 1.31. The van der Waals surface area contributed by atoms with Crippen molar-refractivity contribution in [2.24, 2.45) is 0 Å². The van der Waals surface area contributed by atoms with Crippen molar-refractivity contribution in [3.8, 4) is 6.07 Å². The molecule has 0 N–H and O–H groups in total. The van der Waals surface area contributed by atoms with E-state index >= 15 is 0 Å². The molecule has 1 rings (SSSR count). The van der Waals surface area contributed by atoms with E-state index in [1.165, 1.54) is 0 Å². The summed E-state index contributed by atoms with van der Waals surface area (Å²) in [6, 6.07) is 1.88. The molecule has 0 aliphatic heterocycles. The number of nitriles is 1. The third kappa shape index (κ3) is 1.56. The van der Waals surface area contributed by atoms with E-state index in [2.05, 4.69) is 20.9 Å². The van der Waals surface area contributed by atoms with Gasteiger partial charge in [0, 0.05) is 0 Å². The van der Waals surface area contributed by atoms with E-state index < -0.39 is 0 Å². The zero-order valence-electron chi connectivity index (χ0n) is 6.03. The minimum Gasteiger partial charge on any atom is -0.239 e. The largest absolute Gasteiger partial charge is 0.239 e. The van der Waals surface area contributed by atoms with Gasteiger partial charge in [0.2, 0.25) is 0 Å². The maximum Gasteiger partial charge on any atom is 0.148 e. The number of nitrogens with zero attached hydrogens (tertiary/aromatic N) is 2. The molecule has 0 amide bonds. The van der Waals surface area contributed by atoms with Gasteiger partial charge in [0.1, 0.15) is 16.8 Å². The van der Waals surface area contributed by atoms with Crippen molar-refractivity contribution >= 4 is 39.1 Å². The Kier molecular flexibility index (Phi) is 2.94. The predicted octanol–water partition coefficient (Wildman–Crippen LogP) is 3.33. The number of hydrogen-bond donors (Lipinski definition) is 0. The molecule has 1 aromatic rings. The normalized spacial score (nSPS) is 9.58. The van der Waals surface area contributed by atoms with Gasteiger partial charge in [-0.3, -0.25) is 0 Å². The maximum absolute atomic E-state index is 8.63. The van der Waals surface area contributed by atoms with Crippen molar-refractivity contribution < 1.29 is 0 Å². The Morgan fingerprint density at radius 3 is 2.58 bits per heavy atom. The second-order valence-corrected chi connectivity index (χ2v) is 3.63. The number of hydrogen-bond acceptors (Lipinski definition) is 2. The van der Waals surface area contributed by atoms with E-state index in [1.54, 1.807) is 6.92 Å². The minimum absolute atomic E-state index is 0.142. The van der Waals surface area contributed by atoms with Crippen molar-refractivity contribution in [3.63, 3.8) is 0 Å². The summed E-state index contributed by atoms with van der Waals surface area (Å²) in [5.74, 6) is 0. The Morgan fingerprint density at radius 1 is 1.50 bits per heavy atom. The SMILES string of the molecule is Cc1nc(Cl)c(C#N)c(Cl)c1Br. The average Bonchev–Trinajstić information content (AvgIpc) is 2.01. The molecule has 1 heterocycles. The Labute approximate surface area is 88.2 Å². The van der Waals surface area contributed by atoms with Crippen LogP contribution >= 0.6 is 39.1 Å². The molecule has 0 spiro atoms. The molecule has 62 valence electrons. The minimum atomic E-state index is 0.142. The second kappa shape index (κ2) is 3.61. The summed E-state index contributed by atoms with van der Waals surface area (Å²) in [6.45, 7) is 1.75. The van der Waals surface area contributed by atoms with Crippen LogP contribution < -0.4 is 0 Å². The molecule has 0 saturated carbocycles. The van der Waals surface area contributed by atoms with Crippen LogP contribution in [-0.2, 0) is 0 Å². The summed E-state index contributed by atoms with van der Waals surface area (Å²) in [5, 5.41) is 9.09. The first-order valence-electron chi connectivity index (χ1n) is 2.99. The van der Waals surface area contributed by atoms with Crippen LogP contribution in [0, 0.1) is 18.3 Å². The lowest BCUT2D eigenvalue weighted by Crippen LogP contribution is -1.90. The summed E-state index contributed by atoms with van der Waals surface area (Å²) >= 11 is 14.7. The summed E-state index contributed by atoms with van der Waals surface area (Å²) in [4.78, 5) is 3.92. The lowest BCUT2D eigenvalue weighted by molar-refractivity contribution is 1.17. The standard InChI is InChI=1S/C7H3BrCl2N2/c1-3-5(8)6(9)4(2-11)7(10)12-3/h1H3. The number of pyridine rings is 1. The Morgan fingerprint density at radius 2 is 2.08 bits per heavy atom. The molecule has 12 heavy (non-hydrogen) atoms. The lowest BCUT2D eigenvalue weighted by Gasteiger charge is -2.02. The molecular weight excluding hydrogens is 263 g/mol. The van der Waals surface area contributed by atoms with E-state index in [4.69, 9.17) is 28.5 Å². The van der Waals surface area contributed by atoms with Gasteiger partial charge in [-0.25, -0.2) is 4.98 Å². The molecule has 0 aliphatic rings. The molecule has 0 fully saturated rings. The highest BCUT2D eigenvalue weighted by Gasteiger charge is 2.12. The van der Waals surface area contributed by atoms with Gasteiger partial charge in [-0.2, -0.15) is 5.26 Å². The molecule has 0 radical (unpaired) electrons. The zero-order chi connectivity index (χ0) is 9.30. The van der Waals surface area contributed by atoms with E-state index in [0.717, 1.165) is 0 Å². The van der Waals surface area contributed by atoms with Gasteiger partial charge in [0.25, 0.3) is 0 Å². The topological polar surface area (TPSA) is 36.7 Å². The summed E-state index contributed by atoms with van der Waals surface area (Å²) in [5.41, 5.74) is 0.875. The van der Waals surface area contributed by atoms with Gasteiger partial charge in [-0.1, -0.05) is 23.2 Å². The van der Waals surface area contributed by atoms with E-state index in [0.29, 0.717) is 15.2 Å². The van der Waals surface area contributed by atoms with Crippen molar-refractivity contribution in [2.45, 2.75) is 6.92 Å². The van der Waals surface area contributed by atoms with Crippen molar-refractivity contribution in [2.75, 3.05) is 0 Å². The summed E-state index contributed by atoms with van der Waals surface area (Å²) in [6.07, 6.45) is 0. The van der Waals surface area contributed by atoms with Crippen LogP contribution in [0.3, 0.4) is 0 Å². The quantitative estimate of drug-likeness (QED) is 0.675. The van der Waals surface area contributed by atoms with Crippen molar-refractivity contribution in [1.82, 2.24) is 4.98 Å². The van der Waals surface area contributed by atoms with Gasteiger partial charge >= 0.3 is 0 Å². The molecule has 0 aliphatic carbocycles. The number of aryl methyl sites for hydroxylation is 1. The van der Waals surface area contributed by atoms with Crippen LogP contribution in [0.4, 0.5) is 0 Å². The highest BCUT2D eigenvalue weighted by atomic mass is 79.9. The smallest absolute Gasteiger partial charge is 0.148 e. The molecule has 1 aromatic heterocycles. The van der Waals surface area contributed by atoms with Gasteiger partial charge in [-0.15, -0.1) is 0 Å². The Balaban J connectivity index is 3.54. The van der Waals surface area contributed by atoms with Crippen LogP contribution in [0.15, 0.2) is 4.47 Å². The van der Waals surface area contributed by atoms with E-state index in [1.807, 2.05) is 6.07 Å². The van der Waals surface area contributed by atoms with Gasteiger partial charge in [0.05, 0.1) is 15.2 Å².